The van der Waals surface area contributed by atoms with E-state index in [1.165, 1.54) is 19.3 Å². The van der Waals surface area contributed by atoms with Crippen LogP contribution < -0.4 is 5.32 Å². The Balaban J connectivity index is 1.83. The molecule has 0 aromatic carbocycles. The van der Waals surface area contributed by atoms with Crippen LogP contribution in [-0.4, -0.2) is 22.4 Å². The summed E-state index contributed by atoms with van der Waals surface area (Å²) in [5.41, 5.74) is 0. The van der Waals surface area contributed by atoms with Crippen LogP contribution in [0.5, 0.6) is 0 Å². The molecule has 2 unspecified atom stereocenters. The molecular weight excluding hydrogens is 210 g/mol. The third kappa shape index (κ3) is 2.81. The number of hydrogen-bond donors (Lipinski definition) is 1. The van der Waals surface area contributed by atoms with Gasteiger partial charge in [-0.15, -0.1) is 11.6 Å². The van der Waals surface area contributed by atoms with Crippen molar-refractivity contribution in [3.63, 3.8) is 0 Å². The van der Waals surface area contributed by atoms with E-state index in [0.717, 1.165) is 18.2 Å². The Morgan fingerprint density at radius 1 is 1.33 bits per heavy atom. The highest BCUT2D eigenvalue weighted by molar-refractivity contribution is 6.18. The topological polar surface area (TPSA) is 37.8 Å². The molecule has 4 heteroatoms. The molecule has 1 aromatic rings. The van der Waals surface area contributed by atoms with Gasteiger partial charge in [0.05, 0.1) is 6.20 Å². The van der Waals surface area contributed by atoms with Gasteiger partial charge >= 0.3 is 0 Å². The molecule has 1 N–H and O–H groups in total. The van der Waals surface area contributed by atoms with Crippen molar-refractivity contribution in [1.29, 1.82) is 0 Å². The third-order valence-corrected chi connectivity index (χ3v) is 3.52. The van der Waals surface area contributed by atoms with Crippen molar-refractivity contribution in [2.24, 2.45) is 11.8 Å². The molecule has 1 aliphatic carbocycles. The Labute approximate surface area is 95.3 Å². The van der Waals surface area contributed by atoms with Crippen LogP contribution in [0.1, 0.15) is 19.3 Å². The SMILES string of the molecule is ClCC1CCCC1CNc1cnccn1. The first-order valence-corrected chi connectivity index (χ1v) is 5.99. The van der Waals surface area contributed by atoms with Gasteiger partial charge in [0, 0.05) is 24.8 Å². The smallest absolute Gasteiger partial charge is 0.144 e. The van der Waals surface area contributed by atoms with E-state index in [1.807, 2.05) is 0 Å². The van der Waals surface area contributed by atoms with Gasteiger partial charge in [-0.05, 0) is 24.7 Å². The predicted octanol–water partition coefficient (Wildman–Crippen LogP) is 2.54. The lowest BCUT2D eigenvalue weighted by atomic mass is 9.98. The lowest BCUT2D eigenvalue weighted by Crippen LogP contribution is -2.19. The van der Waals surface area contributed by atoms with Crippen LogP contribution >= 0.6 is 11.6 Å². The van der Waals surface area contributed by atoms with Gasteiger partial charge in [0.1, 0.15) is 5.82 Å². The van der Waals surface area contributed by atoms with E-state index in [0.29, 0.717) is 11.8 Å². The van der Waals surface area contributed by atoms with E-state index in [2.05, 4.69) is 15.3 Å². The average Bonchev–Trinajstić information content (AvgIpc) is 2.75. The minimum atomic E-state index is 0.677. The maximum atomic E-state index is 5.93. The van der Waals surface area contributed by atoms with E-state index in [9.17, 15) is 0 Å². The van der Waals surface area contributed by atoms with Gasteiger partial charge in [-0.25, -0.2) is 4.98 Å². The number of alkyl halides is 1. The van der Waals surface area contributed by atoms with Crippen LogP contribution in [0.2, 0.25) is 0 Å². The summed E-state index contributed by atoms with van der Waals surface area (Å²) in [5, 5.41) is 3.32. The van der Waals surface area contributed by atoms with Crippen molar-refractivity contribution in [1.82, 2.24) is 9.97 Å². The van der Waals surface area contributed by atoms with Crippen LogP contribution in [0.3, 0.4) is 0 Å². The fourth-order valence-electron chi connectivity index (χ4n) is 2.21. The predicted molar refractivity (Wildman–Crippen MR) is 62.1 cm³/mol. The van der Waals surface area contributed by atoms with Gasteiger partial charge < -0.3 is 5.32 Å². The van der Waals surface area contributed by atoms with Crippen LogP contribution in [0.15, 0.2) is 18.6 Å². The van der Waals surface area contributed by atoms with Gasteiger partial charge in [0.2, 0.25) is 0 Å². The molecule has 1 saturated carbocycles. The van der Waals surface area contributed by atoms with Crippen molar-refractivity contribution >= 4 is 17.4 Å². The van der Waals surface area contributed by atoms with E-state index in [-0.39, 0.29) is 0 Å². The lowest BCUT2D eigenvalue weighted by Gasteiger charge is -2.17. The molecule has 0 aliphatic heterocycles. The third-order valence-electron chi connectivity index (χ3n) is 3.12. The first-order chi connectivity index (χ1) is 7.40. The number of nitrogens with zero attached hydrogens (tertiary/aromatic N) is 2. The first kappa shape index (κ1) is 10.7. The minimum Gasteiger partial charge on any atom is -0.369 e. The van der Waals surface area contributed by atoms with Gasteiger partial charge in [-0.1, -0.05) is 6.42 Å². The van der Waals surface area contributed by atoms with Crippen LogP contribution in [-0.2, 0) is 0 Å². The molecule has 3 nitrogen and oxygen atoms in total. The monoisotopic (exact) mass is 225 g/mol. The Morgan fingerprint density at radius 2 is 2.20 bits per heavy atom. The molecule has 2 atom stereocenters. The maximum Gasteiger partial charge on any atom is 0.144 e. The van der Waals surface area contributed by atoms with Crippen molar-refractivity contribution < 1.29 is 0 Å². The molecule has 0 spiro atoms. The molecule has 0 amide bonds. The molecule has 2 rings (SSSR count). The molecule has 1 aromatic heterocycles. The molecule has 15 heavy (non-hydrogen) atoms. The zero-order chi connectivity index (χ0) is 10.5. The Bertz CT molecular complexity index is 291. The maximum absolute atomic E-state index is 5.93. The second-order valence-electron chi connectivity index (χ2n) is 4.08. The summed E-state index contributed by atoms with van der Waals surface area (Å²) in [5.74, 6) is 3.02. The molecule has 82 valence electrons. The second kappa shape index (κ2) is 5.31. The molecule has 0 saturated heterocycles. The number of rotatable bonds is 4. The highest BCUT2D eigenvalue weighted by Gasteiger charge is 2.25. The lowest BCUT2D eigenvalue weighted by molar-refractivity contribution is 0.444. The fraction of sp³-hybridized carbons (Fsp3) is 0.636. The fourth-order valence-corrected chi connectivity index (χ4v) is 2.62. The summed E-state index contributed by atoms with van der Waals surface area (Å²) in [6.07, 6.45) is 9.01. The summed E-state index contributed by atoms with van der Waals surface area (Å²) in [7, 11) is 0. The van der Waals surface area contributed by atoms with Crippen molar-refractivity contribution in [2.75, 3.05) is 17.7 Å². The van der Waals surface area contributed by atoms with Gasteiger partial charge in [0.25, 0.3) is 0 Å². The number of anilines is 1. The molecule has 0 radical (unpaired) electrons. The van der Waals surface area contributed by atoms with Gasteiger partial charge in [-0.2, -0.15) is 0 Å². The van der Waals surface area contributed by atoms with E-state index >= 15 is 0 Å². The van der Waals surface area contributed by atoms with Crippen LogP contribution in [0, 0.1) is 11.8 Å². The van der Waals surface area contributed by atoms with Crippen molar-refractivity contribution in [2.45, 2.75) is 19.3 Å². The molecule has 1 aliphatic rings. The van der Waals surface area contributed by atoms with E-state index < -0.39 is 0 Å². The Kier molecular flexibility index (Phi) is 3.78. The Hall–Kier alpha value is -0.830. The summed E-state index contributed by atoms with van der Waals surface area (Å²) in [4.78, 5) is 8.20. The highest BCUT2D eigenvalue weighted by atomic mass is 35.5. The van der Waals surface area contributed by atoms with Crippen LogP contribution in [0.4, 0.5) is 5.82 Å². The summed E-state index contributed by atoms with van der Waals surface area (Å²) in [6.45, 7) is 0.968. The second-order valence-corrected chi connectivity index (χ2v) is 4.39. The first-order valence-electron chi connectivity index (χ1n) is 5.46. The van der Waals surface area contributed by atoms with E-state index in [1.54, 1.807) is 18.6 Å². The number of nitrogens with one attached hydrogen (secondary N) is 1. The zero-order valence-corrected chi connectivity index (χ0v) is 9.45. The molecule has 0 bridgehead atoms. The summed E-state index contributed by atoms with van der Waals surface area (Å²) in [6, 6.07) is 0. The standard InChI is InChI=1S/C11H16ClN3/c12-6-9-2-1-3-10(9)7-15-11-8-13-4-5-14-11/h4-5,8-10H,1-3,6-7H2,(H,14,15). The van der Waals surface area contributed by atoms with Gasteiger partial charge in [0.15, 0.2) is 0 Å². The number of hydrogen-bond acceptors (Lipinski definition) is 3. The summed E-state index contributed by atoms with van der Waals surface area (Å²) >= 11 is 5.93. The summed E-state index contributed by atoms with van der Waals surface area (Å²) < 4.78 is 0. The molecule has 1 fully saturated rings. The van der Waals surface area contributed by atoms with Crippen molar-refractivity contribution in [3.8, 4) is 0 Å². The van der Waals surface area contributed by atoms with E-state index in [4.69, 9.17) is 11.6 Å². The van der Waals surface area contributed by atoms with Crippen molar-refractivity contribution in [3.05, 3.63) is 18.6 Å². The molecular formula is C11H16ClN3. The average molecular weight is 226 g/mol. The van der Waals surface area contributed by atoms with Gasteiger partial charge in [-0.3, -0.25) is 4.98 Å². The highest BCUT2D eigenvalue weighted by Crippen LogP contribution is 2.32. The number of halogens is 1. The normalized spacial score (nSPS) is 25.4. The number of aromatic nitrogens is 2. The Morgan fingerprint density at radius 3 is 2.93 bits per heavy atom. The molecule has 1 heterocycles. The zero-order valence-electron chi connectivity index (χ0n) is 8.69. The quantitative estimate of drug-likeness (QED) is 0.801. The minimum absolute atomic E-state index is 0.677. The largest absolute Gasteiger partial charge is 0.369 e. The van der Waals surface area contributed by atoms with Crippen LogP contribution in [0.25, 0.3) is 0 Å².